The van der Waals surface area contributed by atoms with E-state index in [1.54, 1.807) is 23.1 Å². The van der Waals surface area contributed by atoms with Crippen molar-refractivity contribution in [3.63, 3.8) is 0 Å². The van der Waals surface area contributed by atoms with E-state index in [9.17, 15) is 14.7 Å². The van der Waals surface area contributed by atoms with Crippen molar-refractivity contribution in [1.29, 1.82) is 0 Å². The quantitative estimate of drug-likeness (QED) is 0.442. The van der Waals surface area contributed by atoms with Crippen molar-refractivity contribution in [2.45, 2.75) is 69.8 Å². The Bertz CT molecular complexity index is 770. The van der Waals surface area contributed by atoms with Crippen LogP contribution in [0.2, 0.25) is 5.02 Å². The second-order valence-electron chi connectivity index (χ2n) is 8.46. The molecule has 1 aromatic carbocycles. The van der Waals surface area contributed by atoms with Crippen molar-refractivity contribution in [3.05, 3.63) is 28.8 Å². The number of ether oxygens (including phenoxy) is 1. The number of halogens is 1. The molecule has 2 fully saturated rings. The number of nitrogens with zero attached hydrogens (tertiary/aromatic N) is 1. The van der Waals surface area contributed by atoms with Gasteiger partial charge in [0, 0.05) is 23.7 Å². The highest BCUT2D eigenvalue weighted by Crippen LogP contribution is 2.28. The predicted octanol–water partition coefficient (Wildman–Crippen LogP) is 1.51. The molecule has 1 unspecified atom stereocenters. The van der Waals surface area contributed by atoms with E-state index >= 15 is 0 Å². The van der Waals surface area contributed by atoms with Crippen LogP contribution in [0.25, 0.3) is 0 Å². The van der Waals surface area contributed by atoms with Crippen molar-refractivity contribution in [2.75, 3.05) is 13.2 Å². The van der Waals surface area contributed by atoms with Gasteiger partial charge in [-0.2, -0.15) is 0 Å². The standard InChI is InChI=1S/C22H33ClN4O4/c23-16-8-9-18(31-13-19(24)28)15(11-16)12-26-21(29)17-7-4-10-27(17)22(30)20(25)14-5-2-1-3-6-14/h8-9,11,14,17,19-20,28H,1-7,10,12-13,24-25H2,(H,26,29)/t17-,19?,20+/m1/s1. The van der Waals surface area contributed by atoms with E-state index < -0.39 is 18.3 Å². The molecule has 0 radical (unpaired) electrons. The monoisotopic (exact) mass is 452 g/mol. The number of rotatable bonds is 8. The van der Waals surface area contributed by atoms with Crippen LogP contribution in [0.4, 0.5) is 0 Å². The summed E-state index contributed by atoms with van der Waals surface area (Å²) in [6.07, 6.45) is 5.67. The van der Waals surface area contributed by atoms with Crippen LogP contribution in [-0.2, 0) is 16.1 Å². The number of hydrogen-bond acceptors (Lipinski definition) is 6. The molecule has 0 aromatic heterocycles. The summed E-state index contributed by atoms with van der Waals surface area (Å²) in [5.74, 6) is 0.349. The first-order valence-electron chi connectivity index (χ1n) is 11.1. The molecule has 1 saturated carbocycles. The number of nitrogens with one attached hydrogen (secondary N) is 1. The number of carbonyl (C=O) groups is 2. The molecule has 3 atom stereocenters. The number of aliphatic hydroxyl groups excluding tert-OH is 1. The fraction of sp³-hybridized carbons (Fsp3) is 0.636. The largest absolute Gasteiger partial charge is 0.489 e. The van der Waals surface area contributed by atoms with Crippen molar-refractivity contribution in [1.82, 2.24) is 10.2 Å². The number of likely N-dealkylation sites (tertiary alicyclic amines) is 1. The van der Waals surface area contributed by atoms with Crippen LogP contribution in [0.15, 0.2) is 18.2 Å². The molecular formula is C22H33ClN4O4. The molecule has 172 valence electrons. The lowest BCUT2D eigenvalue weighted by atomic mass is 9.83. The van der Waals surface area contributed by atoms with Gasteiger partial charge in [-0.1, -0.05) is 30.9 Å². The maximum absolute atomic E-state index is 13.0. The van der Waals surface area contributed by atoms with Gasteiger partial charge in [0.15, 0.2) is 0 Å². The SMILES string of the molecule is NC(O)COc1ccc(Cl)cc1CNC(=O)[C@H]1CCCN1C(=O)[C@@H](N)C1CCCCC1. The van der Waals surface area contributed by atoms with Crippen LogP contribution in [0.3, 0.4) is 0 Å². The molecule has 1 aromatic rings. The zero-order valence-corrected chi connectivity index (χ0v) is 18.5. The van der Waals surface area contributed by atoms with Crippen LogP contribution >= 0.6 is 11.6 Å². The molecule has 2 aliphatic rings. The lowest BCUT2D eigenvalue weighted by molar-refractivity contribution is -0.140. The van der Waals surface area contributed by atoms with Gasteiger partial charge >= 0.3 is 0 Å². The average molecular weight is 453 g/mol. The third-order valence-electron chi connectivity index (χ3n) is 6.17. The second kappa shape index (κ2) is 11.1. The number of benzene rings is 1. The number of nitrogens with two attached hydrogens (primary N) is 2. The van der Waals surface area contributed by atoms with Gasteiger partial charge in [-0.3, -0.25) is 9.59 Å². The summed E-state index contributed by atoms with van der Waals surface area (Å²) in [6, 6.07) is 3.97. The van der Waals surface area contributed by atoms with Gasteiger partial charge in [-0.15, -0.1) is 0 Å². The Morgan fingerprint density at radius 3 is 2.65 bits per heavy atom. The molecule has 1 aliphatic heterocycles. The third kappa shape index (κ3) is 6.32. The van der Waals surface area contributed by atoms with Gasteiger partial charge in [0.1, 0.15) is 24.6 Å². The zero-order valence-electron chi connectivity index (χ0n) is 17.8. The molecule has 1 heterocycles. The van der Waals surface area contributed by atoms with E-state index in [1.165, 1.54) is 6.42 Å². The molecule has 2 amide bonds. The lowest BCUT2D eigenvalue weighted by Crippen LogP contribution is -2.53. The summed E-state index contributed by atoms with van der Waals surface area (Å²) in [5, 5.41) is 12.6. The highest BCUT2D eigenvalue weighted by Gasteiger charge is 2.38. The van der Waals surface area contributed by atoms with E-state index in [-0.39, 0.29) is 30.9 Å². The Morgan fingerprint density at radius 2 is 1.94 bits per heavy atom. The highest BCUT2D eigenvalue weighted by molar-refractivity contribution is 6.30. The fourth-order valence-corrected chi connectivity index (χ4v) is 4.69. The van der Waals surface area contributed by atoms with E-state index in [4.69, 9.17) is 27.8 Å². The van der Waals surface area contributed by atoms with Gasteiger partial charge in [-0.25, -0.2) is 0 Å². The van der Waals surface area contributed by atoms with Crippen LogP contribution in [0.1, 0.15) is 50.5 Å². The van der Waals surface area contributed by atoms with Gasteiger partial charge < -0.3 is 31.5 Å². The van der Waals surface area contributed by atoms with Gasteiger partial charge in [-0.05, 0) is 49.8 Å². The average Bonchev–Trinajstić information content (AvgIpc) is 3.26. The van der Waals surface area contributed by atoms with Crippen molar-refractivity contribution in [3.8, 4) is 5.75 Å². The first-order chi connectivity index (χ1) is 14.9. The Balaban J connectivity index is 1.61. The molecule has 1 saturated heterocycles. The van der Waals surface area contributed by atoms with E-state index in [1.807, 2.05) is 0 Å². The third-order valence-corrected chi connectivity index (χ3v) is 6.40. The van der Waals surface area contributed by atoms with Gasteiger partial charge in [0.2, 0.25) is 11.8 Å². The molecular weight excluding hydrogens is 420 g/mol. The molecule has 0 spiro atoms. The minimum Gasteiger partial charge on any atom is -0.489 e. The van der Waals surface area contributed by atoms with Crippen LogP contribution in [-0.4, -0.2) is 53.3 Å². The first kappa shape index (κ1) is 23.8. The molecule has 1 aliphatic carbocycles. The van der Waals surface area contributed by atoms with Gasteiger partial charge in [0.25, 0.3) is 0 Å². The Kier molecular flexibility index (Phi) is 8.54. The van der Waals surface area contributed by atoms with E-state index in [0.717, 1.165) is 32.1 Å². The van der Waals surface area contributed by atoms with Crippen LogP contribution in [0, 0.1) is 5.92 Å². The Morgan fingerprint density at radius 1 is 1.19 bits per heavy atom. The van der Waals surface area contributed by atoms with Crippen LogP contribution < -0.4 is 21.5 Å². The maximum Gasteiger partial charge on any atom is 0.243 e. The summed E-state index contributed by atoms with van der Waals surface area (Å²) >= 11 is 6.09. The lowest BCUT2D eigenvalue weighted by Gasteiger charge is -2.32. The summed E-state index contributed by atoms with van der Waals surface area (Å²) in [7, 11) is 0. The fourth-order valence-electron chi connectivity index (χ4n) is 4.49. The first-order valence-corrected chi connectivity index (χ1v) is 11.4. The van der Waals surface area contributed by atoms with Crippen molar-refractivity contribution >= 4 is 23.4 Å². The number of aliphatic hydroxyl groups is 1. The van der Waals surface area contributed by atoms with Crippen LogP contribution in [0.5, 0.6) is 5.75 Å². The molecule has 31 heavy (non-hydrogen) atoms. The summed E-state index contributed by atoms with van der Waals surface area (Å²) in [5.41, 5.74) is 12.3. The smallest absolute Gasteiger partial charge is 0.243 e. The second-order valence-corrected chi connectivity index (χ2v) is 8.90. The minimum absolute atomic E-state index is 0.0768. The van der Waals surface area contributed by atoms with Crippen molar-refractivity contribution < 1.29 is 19.4 Å². The summed E-state index contributed by atoms with van der Waals surface area (Å²) in [4.78, 5) is 27.6. The number of carbonyl (C=O) groups excluding carboxylic acids is 2. The normalized spacial score (nSPS) is 21.5. The topological polar surface area (TPSA) is 131 Å². The molecule has 0 bridgehead atoms. The van der Waals surface area contributed by atoms with Gasteiger partial charge in [0.05, 0.1) is 6.04 Å². The van der Waals surface area contributed by atoms with E-state index in [2.05, 4.69) is 5.32 Å². The number of amides is 2. The van der Waals surface area contributed by atoms with Crippen molar-refractivity contribution in [2.24, 2.45) is 17.4 Å². The highest BCUT2D eigenvalue weighted by atomic mass is 35.5. The molecule has 3 rings (SSSR count). The van der Waals surface area contributed by atoms with E-state index in [0.29, 0.717) is 29.3 Å². The zero-order chi connectivity index (χ0) is 22.4. The predicted molar refractivity (Wildman–Crippen MR) is 118 cm³/mol. The minimum atomic E-state index is -1.11. The molecule has 9 heteroatoms. The number of hydrogen-bond donors (Lipinski definition) is 4. The molecule has 8 nitrogen and oxygen atoms in total. The molecule has 6 N–H and O–H groups in total. The summed E-state index contributed by atoms with van der Waals surface area (Å²) in [6.45, 7) is 0.659. The summed E-state index contributed by atoms with van der Waals surface area (Å²) < 4.78 is 5.50. The maximum atomic E-state index is 13.0. The Labute approximate surface area is 188 Å². The Hall–Kier alpha value is -1.87.